The molecule has 0 heteroatoms. The van der Waals surface area contributed by atoms with Crippen LogP contribution in [0.25, 0.3) is 0 Å². The van der Waals surface area contributed by atoms with E-state index in [0.717, 1.165) is 18.3 Å². The average molecular weight is 169 g/mol. The Morgan fingerprint density at radius 1 is 1.25 bits per heavy atom. The summed E-state index contributed by atoms with van der Waals surface area (Å²) < 4.78 is 0. The summed E-state index contributed by atoms with van der Waals surface area (Å²) in [7, 11) is 0. The molecule has 0 aliphatic rings. The van der Waals surface area contributed by atoms with Crippen LogP contribution in [0.1, 0.15) is 53.9 Å². The van der Waals surface area contributed by atoms with Crippen molar-refractivity contribution in [3.63, 3.8) is 0 Å². The molecule has 0 heterocycles. The molecule has 0 fully saturated rings. The lowest BCUT2D eigenvalue weighted by Crippen LogP contribution is -2.28. The molecule has 1 radical (unpaired) electrons. The first-order valence-corrected chi connectivity index (χ1v) is 5.31. The topological polar surface area (TPSA) is 0 Å². The smallest absolute Gasteiger partial charge is 0.0300 e. The molecule has 3 unspecified atom stereocenters. The summed E-state index contributed by atoms with van der Waals surface area (Å²) in [5.74, 6) is 1.63. The van der Waals surface area contributed by atoms with Gasteiger partial charge in [-0.25, -0.2) is 0 Å². The van der Waals surface area contributed by atoms with Gasteiger partial charge in [0.05, 0.1) is 0 Å². The van der Waals surface area contributed by atoms with E-state index in [-0.39, 0.29) is 0 Å². The van der Waals surface area contributed by atoms with Gasteiger partial charge in [-0.15, -0.1) is 0 Å². The Balaban J connectivity index is 4.29. The summed E-state index contributed by atoms with van der Waals surface area (Å²) in [5, 5.41) is 0. The van der Waals surface area contributed by atoms with Crippen molar-refractivity contribution in [1.82, 2.24) is 0 Å². The zero-order valence-corrected chi connectivity index (χ0v) is 9.48. The molecule has 0 bridgehead atoms. The number of hydrogen-bond acceptors (Lipinski definition) is 0. The van der Waals surface area contributed by atoms with E-state index in [1.165, 1.54) is 12.8 Å². The molecular weight excluding hydrogens is 144 g/mol. The van der Waals surface area contributed by atoms with Crippen molar-refractivity contribution in [2.75, 3.05) is 0 Å². The molecule has 0 saturated carbocycles. The fourth-order valence-corrected chi connectivity index (χ4v) is 1.77. The minimum Gasteiger partial charge on any atom is -0.0651 e. The molecule has 0 amide bonds. The van der Waals surface area contributed by atoms with Gasteiger partial charge in [-0.05, 0) is 23.7 Å². The molecule has 0 spiro atoms. The lowest BCUT2D eigenvalue weighted by atomic mass is 9.68. The van der Waals surface area contributed by atoms with Crippen LogP contribution in [0.5, 0.6) is 0 Å². The summed E-state index contributed by atoms with van der Waals surface area (Å²) in [6, 6.07) is 0. The normalized spacial score (nSPS) is 17.5. The van der Waals surface area contributed by atoms with Crippen LogP contribution in [-0.2, 0) is 0 Å². The third-order valence-corrected chi connectivity index (χ3v) is 3.98. The molecule has 0 aliphatic heterocycles. The van der Waals surface area contributed by atoms with Gasteiger partial charge in [0.1, 0.15) is 0 Å². The highest BCUT2D eigenvalue weighted by atomic mass is 14.3. The van der Waals surface area contributed by atoms with Crippen molar-refractivity contribution in [1.29, 1.82) is 0 Å². The Morgan fingerprint density at radius 3 is 2.00 bits per heavy atom. The SMILES string of the molecule is [CH2]CC(C)(CC)C(C)C(C)CC. The van der Waals surface area contributed by atoms with Crippen LogP contribution in [0.3, 0.4) is 0 Å². The highest BCUT2D eigenvalue weighted by Crippen LogP contribution is 2.39. The highest BCUT2D eigenvalue weighted by Gasteiger charge is 2.30. The molecule has 0 aliphatic carbocycles. The lowest BCUT2D eigenvalue weighted by molar-refractivity contribution is 0.135. The van der Waals surface area contributed by atoms with Crippen LogP contribution >= 0.6 is 0 Å². The molecular formula is C12H25. The van der Waals surface area contributed by atoms with E-state index in [2.05, 4.69) is 41.5 Å². The van der Waals surface area contributed by atoms with Crippen molar-refractivity contribution >= 4 is 0 Å². The van der Waals surface area contributed by atoms with E-state index >= 15 is 0 Å². The molecule has 0 aromatic heterocycles. The summed E-state index contributed by atoms with van der Waals surface area (Å²) in [4.78, 5) is 0. The molecule has 0 rings (SSSR count). The molecule has 0 nitrogen and oxygen atoms in total. The Labute approximate surface area is 78.8 Å². The number of rotatable bonds is 5. The molecule has 3 atom stereocenters. The predicted octanol–water partition coefficient (Wildman–Crippen LogP) is 4.31. The zero-order valence-electron chi connectivity index (χ0n) is 9.48. The van der Waals surface area contributed by atoms with Gasteiger partial charge in [0, 0.05) is 0 Å². The minimum atomic E-state index is 0.454. The van der Waals surface area contributed by atoms with Crippen molar-refractivity contribution in [2.24, 2.45) is 17.3 Å². The van der Waals surface area contributed by atoms with Gasteiger partial charge in [-0.3, -0.25) is 0 Å². The summed E-state index contributed by atoms with van der Waals surface area (Å²) in [6.07, 6.45) is 3.60. The van der Waals surface area contributed by atoms with Gasteiger partial charge in [0.15, 0.2) is 0 Å². The minimum absolute atomic E-state index is 0.454. The standard InChI is InChI=1S/C12H25/c1-7-10(4)11(5)12(6,8-2)9-3/h10-11H,2,7-9H2,1,3-6H3. The fraction of sp³-hybridized carbons (Fsp3) is 0.917. The molecule has 73 valence electrons. The van der Waals surface area contributed by atoms with E-state index in [0.29, 0.717) is 5.41 Å². The van der Waals surface area contributed by atoms with Gasteiger partial charge in [-0.2, -0.15) is 0 Å². The van der Waals surface area contributed by atoms with Crippen LogP contribution in [0.4, 0.5) is 0 Å². The van der Waals surface area contributed by atoms with Gasteiger partial charge < -0.3 is 0 Å². The first kappa shape index (κ1) is 12.0. The molecule has 0 saturated heterocycles. The van der Waals surface area contributed by atoms with Gasteiger partial charge in [0.25, 0.3) is 0 Å². The van der Waals surface area contributed by atoms with Crippen molar-refractivity contribution in [3.8, 4) is 0 Å². The van der Waals surface area contributed by atoms with E-state index in [1.54, 1.807) is 0 Å². The average Bonchev–Trinajstić information content (AvgIpc) is 2.14. The Bertz CT molecular complexity index is 111. The third kappa shape index (κ3) is 2.50. The molecule has 0 N–H and O–H groups in total. The summed E-state index contributed by atoms with van der Waals surface area (Å²) in [5.41, 5.74) is 0.454. The summed E-state index contributed by atoms with van der Waals surface area (Å²) in [6.45, 7) is 15.7. The van der Waals surface area contributed by atoms with Crippen LogP contribution in [0.2, 0.25) is 0 Å². The van der Waals surface area contributed by atoms with Gasteiger partial charge >= 0.3 is 0 Å². The summed E-state index contributed by atoms with van der Waals surface area (Å²) >= 11 is 0. The maximum Gasteiger partial charge on any atom is -0.0300 e. The predicted molar refractivity (Wildman–Crippen MR) is 57.0 cm³/mol. The second-order valence-electron chi connectivity index (χ2n) is 4.43. The zero-order chi connectivity index (χ0) is 9.78. The Kier molecular flexibility index (Phi) is 4.89. The Morgan fingerprint density at radius 2 is 1.75 bits per heavy atom. The first-order chi connectivity index (χ1) is 5.51. The fourth-order valence-electron chi connectivity index (χ4n) is 1.77. The van der Waals surface area contributed by atoms with Crippen LogP contribution in [0, 0.1) is 24.2 Å². The second-order valence-corrected chi connectivity index (χ2v) is 4.43. The quantitative estimate of drug-likeness (QED) is 0.575. The van der Waals surface area contributed by atoms with Crippen molar-refractivity contribution < 1.29 is 0 Å². The van der Waals surface area contributed by atoms with E-state index in [1.807, 2.05) is 0 Å². The van der Waals surface area contributed by atoms with Crippen molar-refractivity contribution in [3.05, 3.63) is 6.92 Å². The highest BCUT2D eigenvalue weighted by molar-refractivity contribution is 4.82. The van der Waals surface area contributed by atoms with E-state index in [4.69, 9.17) is 0 Å². The maximum atomic E-state index is 4.07. The maximum absolute atomic E-state index is 4.07. The van der Waals surface area contributed by atoms with Gasteiger partial charge in [0.2, 0.25) is 0 Å². The monoisotopic (exact) mass is 169 g/mol. The number of hydrogen-bond donors (Lipinski definition) is 0. The van der Waals surface area contributed by atoms with Gasteiger partial charge in [-0.1, -0.05) is 54.4 Å². The molecule has 0 aromatic carbocycles. The van der Waals surface area contributed by atoms with Crippen molar-refractivity contribution in [2.45, 2.75) is 53.9 Å². The second kappa shape index (κ2) is 4.89. The molecule has 0 aromatic rings. The lowest BCUT2D eigenvalue weighted by Gasteiger charge is -2.37. The van der Waals surface area contributed by atoms with E-state index in [9.17, 15) is 0 Å². The first-order valence-electron chi connectivity index (χ1n) is 5.31. The van der Waals surface area contributed by atoms with Crippen LogP contribution in [-0.4, -0.2) is 0 Å². The largest absolute Gasteiger partial charge is 0.0651 e. The third-order valence-electron chi connectivity index (χ3n) is 3.98. The Hall–Kier alpha value is 0. The van der Waals surface area contributed by atoms with E-state index < -0.39 is 0 Å². The molecule has 12 heavy (non-hydrogen) atoms. The van der Waals surface area contributed by atoms with Crippen LogP contribution < -0.4 is 0 Å². The van der Waals surface area contributed by atoms with Crippen LogP contribution in [0.15, 0.2) is 0 Å².